The quantitative estimate of drug-likeness (QED) is 0.781. The number of piperidine rings is 1. The number of benzene rings is 1. The van der Waals surface area contributed by atoms with E-state index in [0.717, 1.165) is 5.56 Å². The highest BCUT2D eigenvalue weighted by Gasteiger charge is 2.29. The number of carbonyl (C=O) groups is 2. The topological polar surface area (TPSA) is 50.5 Å². The molecular weight excluding hydrogens is 346 g/mol. The number of halogens is 1. The van der Waals surface area contributed by atoms with Gasteiger partial charge in [-0.15, -0.1) is 0 Å². The second kappa shape index (κ2) is 6.48. The standard InChI is InChI=1S/C17H16BrNO3/c18-15-7-6-14(22-15)17(21)19-10-8-13(9-11-19)16(20)12-4-2-1-3-5-12/h1-7,13H,8-11H2. The lowest BCUT2D eigenvalue weighted by Crippen LogP contribution is -2.40. The molecule has 2 heterocycles. The van der Waals surface area contributed by atoms with E-state index in [4.69, 9.17) is 4.42 Å². The lowest BCUT2D eigenvalue weighted by atomic mass is 9.89. The van der Waals surface area contributed by atoms with E-state index in [0.29, 0.717) is 36.4 Å². The van der Waals surface area contributed by atoms with Crippen molar-refractivity contribution >= 4 is 27.6 Å². The van der Waals surface area contributed by atoms with Gasteiger partial charge >= 0.3 is 0 Å². The number of hydrogen-bond acceptors (Lipinski definition) is 3. The van der Waals surface area contributed by atoms with Gasteiger partial charge in [-0.05, 0) is 40.9 Å². The van der Waals surface area contributed by atoms with Gasteiger partial charge in [-0.25, -0.2) is 0 Å². The fourth-order valence-electron chi connectivity index (χ4n) is 2.77. The molecule has 0 spiro atoms. The summed E-state index contributed by atoms with van der Waals surface area (Å²) in [6.07, 6.45) is 1.39. The predicted octanol–water partition coefficient (Wildman–Crippen LogP) is 3.78. The number of ketones is 1. The summed E-state index contributed by atoms with van der Waals surface area (Å²) in [5.41, 5.74) is 0.752. The summed E-state index contributed by atoms with van der Waals surface area (Å²) in [4.78, 5) is 26.5. The average Bonchev–Trinajstić information content (AvgIpc) is 3.01. The summed E-state index contributed by atoms with van der Waals surface area (Å²) in [5.74, 6) is 0.388. The van der Waals surface area contributed by atoms with Crippen molar-refractivity contribution in [3.8, 4) is 0 Å². The van der Waals surface area contributed by atoms with Crippen molar-refractivity contribution in [1.29, 1.82) is 0 Å². The second-order valence-corrected chi connectivity index (χ2v) is 6.18. The van der Waals surface area contributed by atoms with Gasteiger partial charge in [0, 0.05) is 24.6 Å². The lowest BCUT2D eigenvalue weighted by Gasteiger charge is -2.30. The Morgan fingerprint density at radius 1 is 1.05 bits per heavy atom. The van der Waals surface area contributed by atoms with E-state index >= 15 is 0 Å². The predicted molar refractivity (Wildman–Crippen MR) is 85.8 cm³/mol. The molecule has 0 radical (unpaired) electrons. The van der Waals surface area contributed by atoms with Crippen LogP contribution in [0.15, 0.2) is 51.6 Å². The number of rotatable bonds is 3. The first-order chi connectivity index (χ1) is 10.6. The molecule has 0 saturated carbocycles. The zero-order valence-electron chi connectivity index (χ0n) is 12.0. The zero-order valence-corrected chi connectivity index (χ0v) is 13.6. The minimum Gasteiger partial charge on any atom is -0.444 e. The van der Waals surface area contributed by atoms with E-state index in [1.807, 2.05) is 30.3 Å². The second-order valence-electron chi connectivity index (χ2n) is 5.40. The van der Waals surface area contributed by atoms with E-state index in [1.54, 1.807) is 17.0 Å². The molecular formula is C17H16BrNO3. The zero-order chi connectivity index (χ0) is 15.5. The van der Waals surface area contributed by atoms with Crippen molar-refractivity contribution in [1.82, 2.24) is 4.90 Å². The number of carbonyl (C=O) groups excluding carboxylic acids is 2. The van der Waals surface area contributed by atoms with Gasteiger partial charge in [0.15, 0.2) is 16.2 Å². The third kappa shape index (κ3) is 3.14. The number of Topliss-reactive ketones (excluding diaryl/α,β-unsaturated/α-hetero) is 1. The molecule has 1 fully saturated rings. The third-order valence-corrected chi connectivity index (χ3v) is 4.42. The van der Waals surface area contributed by atoms with Crippen molar-refractivity contribution in [2.45, 2.75) is 12.8 Å². The van der Waals surface area contributed by atoms with Gasteiger partial charge in [0.2, 0.25) is 0 Å². The maximum atomic E-state index is 12.4. The Labute approximate surface area is 137 Å². The van der Waals surface area contributed by atoms with Gasteiger partial charge in [-0.1, -0.05) is 30.3 Å². The Morgan fingerprint density at radius 2 is 1.73 bits per heavy atom. The molecule has 4 nitrogen and oxygen atoms in total. The molecule has 1 aliphatic rings. The van der Waals surface area contributed by atoms with Gasteiger partial charge < -0.3 is 9.32 Å². The average molecular weight is 362 g/mol. The smallest absolute Gasteiger partial charge is 0.289 e. The summed E-state index contributed by atoms with van der Waals surface area (Å²) < 4.78 is 5.85. The molecule has 0 unspecified atom stereocenters. The van der Waals surface area contributed by atoms with E-state index < -0.39 is 0 Å². The number of furan rings is 1. The summed E-state index contributed by atoms with van der Waals surface area (Å²) in [5, 5.41) is 0. The number of hydrogen-bond donors (Lipinski definition) is 0. The van der Waals surface area contributed by atoms with E-state index in [2.05, 4.69) is 15.9 Å². The van der Waals surface area contributed by atoms with Crippen LogP contribution in [0.3, 0.4) is 0 Å². The Kier molecular flexibility index (Phi) is 4.43. The first-order valence-corrected chi connectivity index (χ1v) is 8.08. The van der Waals surface area contributed by atoms with Gasteiger partial charge in [0.05, 0.1) is 0 Å². The van der Waals surface area contributed by atoms with Gasteiger partial charge in [-0.2, -0.15) is 0 Å². The maximum absolute atomic E-state index is 12.4. The Hall–Kier alpha value is -1.88. The molecule has 1 saturated heterocycles. The summed E-state index contributed by atoms with van der Waals surface area (Å²) in [6, 6.07) is 12.7. The third-order valence-electron chi connectivity index (χ3n) is 4.00. The number of amides is 1. The van der Waals surface area contributed by atoms with Crippen LogP contribution in [0, 0.1) is 5.92 Å². The lowest BCUT2D eigenvalue weighted by molar-refractivity contribution is 0.0623. The van der Waals surface area contributed by atoms with Crippen LogP contribution >= 0.6 is 15.9 Å². The van der Waals surface area contributed by atoms with Crippen molar-refractivity contribution in [2.75, 3.05) is 13.1 Å². The molecule has 0 N–H and O–H groups in total. The van der Waals surface area contributed by atoms with Gasteiger partial charge in [0.25, 0.3) is 5.91 Å². The van der Waals surface area contributed by atoms with Crippen molar-refractivity contribution < 1.29 is 14.0 Å². The monoisotopic (exact) mass is 361 g/mol. The van der Waals surface area contributed by atoms with Crippen molar-refractivity contribution in [2.24, 2.45) is 5.92 Å². The Morgan fingerprint density at radius 3 is 2.32 bits per heavy atom. The van der Waals surface area contributed by atoms with Crippen LogP contribution in [0.25, 0.3) is 0 Å². The normalized spacial score (nSPS) is 15.8. The molecule has 1 aromatic carbocycles. The fourth-order valence-corrected chi connectivity index (χ4v) is 3.07. The highest BCUT2D eigenvalue weighted by molar-refractivity contribution is 9.10. The fraction of sp³-hybridized carbons (Fsp3) is 0.294. The Balaban J connectivity index is 1.61. The molecule has 0 aliphatic carbocycles. The van der Waals surface area contributed by atoms with Crippen LogP contribution in [0.4, 0.5) is 0 Å². The first-order valence-electron chi connectivity index (χ1n) is 7.29. The summed E-state index contributed by atoms with van der Waals surface area (Å²) in [7, 11) is 0. The van der Waals surface area contributed by atoms with Crippen LogP contribution in [0.2, 0.25) is 0 Å². The van der Waals surface area contributed by atoms with Crippen molar-refractivity contribution in [3.63, 3.8) is 0 Å². The molecule has 114 valence electrons. The Bertz CT molecular complexity index is 672. The van der Waals surface area contributed by atoms with Crippen LogP contribution in [0.1, 0.15) is 33.8 Å². The van der Waals surface area contributed by atoms with E-state index in [1.165, 1.54) is 0 Å². The van der Waals surface area contributed by atoms with Crippen LogP contribution < -0.4 is 0 Å². The highest BCUT2D eigenvalue weighted by atomic mass is 79.9. The minimum atomic E-state index is -0.115. The van der Waals surface area contributed by atoms with E-state index in [-0.39, 0.29) is 17.6 Å². The summed E-state index contributed by atoms with van der Waals surface area (Å²) in [6.45, 7) is 1.17. The largest absolute Gasteiger partial charge is 0.444 e. The maximum Gasteiger partial charge on any atom is 0.289 e. The highest BCUT2D eigenvalue weighted by Crippen LogP contribution is 2.24. The molecule has 5 heteroatoms. The van der Waals surface area contributed by atoms with Crippen LogP contribution in [-0.4, -0.2) is 29.7 Å². The van der Waals surface area contributed by atoms with Gasteiger partial charge in [-0.3, -0.25) is 9.59 Å². The number of likely N-dealkylation sites (tertiary alicyclic amines) is 1. The van der Waals surface area contributed by atoms with E-state index in [9.17, 15) is 9.59 Å². The molecule has 22 heavy (non-hydrogen) atoms. The number of nitrogens with zero attached hydrogens (tertiary/aromatic N) is 1. The minimum absolute atomic E-state index is 0.00483. The molecule has 1 aliphatic heterocycles. The first kappa shape index (κ1) is 15.0. The van der Waals surface area contributed by atoms with Crippen molar-refractivity contribution in [3.05, 3.63) is 58.5 Å². The molecule has 3 rings (SSSR count). The van der Waals surface area contributed by atoms with Crippen LogP contribution in [-0.2, 0) is 0 Å². The summed E-state index contributed by atoms with van der Waals surface area (Å²) >= 11 is 3.20. The van der Waals surface area contributed by atoms with Crippen LogP contribution in [0.5, 0.6) is 0 Å². The SMILES string of the molecule is O=C(c1ccccc1)C1CCN(C(=O)c2ccc(Br)o2)CC1. The molecule has 0 atom stereocenters. The molecule has 1 amide bonds. The molecule has 1 aromatic heterocycles. The van der Waals surface area contributed by atoms with Gasteiger partial charge in [0.1, 0.15) is 0 Å². The molecule has 2 aromatic rings. The molecule has 0 bridgehead atoms.